The van der Waals surface area contributed by atoms with Gasteiger partial charge in [-0.25, -0.2) is 9.59 Å². The van der Waals surface area contributed by atoms with Crippen molar-refractivity contribution in [1.29, 1.82) is 0 Å². The first kappa shape index (κ1) is 26.6. The van der Waals surface area contributed by atoms with Crippen LogP contribution in [0.15, 0.2) is 48.5 Å². The summed E-state index contributed by atoms with van der Waals surface area (Å²) in [4.78, 5) is 37.1. The lowest BCUT2D eigenvalue weighted by Crippen LogP contribution is -2.52. The van der Waals surface area contributed by atoms with Crippen LogP contribution in [0.4, 0.5) is 4.79 Å². The predicted molar refractivity (Wildman–Crippen MR) is 136 cm³/mol. The van der Waals surface area contributed by atoms with Gasteiger partial charge in [0.2, 0.25) is 5.91 Å². The number of amides is 2. The van der Waals surface area contributed by atoms with Gasteiger partial charge >= 0.3 is 12.1 Å². The molecule has 1 aliphatic carbocycles. The molecule has 0 heterocycles. The van der Waals surface area contributed by atoms with Gasteiger partial charge in [0.1, 0.15) is 18.7 Å². The van der Waals surface area contributed by atoms with E-state index in [-0.39, 0.29) is 18.9 Å². The van der Waals surface area contributed by atoms with E-state index in [2.05, 4.69) is 22.8 Å². The van der Waals surface area contributed by atoms with Crippen LogP contribution in [0.25, 0.3) is 11.1 Å². The molecule has 3 N–H and O–H groups in total. The molecule has 0 aromatic heterocycles. The fourth-order valence-corrected chi connectivity index (χ4v) is 4.72. The molecule has 0 bridgehead atoms. The van der Waals surface area contributed by atoms with E-state index in [1.165, 1.54) is 18.9 Å². The molecule has 2 aromatic rings. The summed E-state index contributed by atoms with van der Waals surface area (Å²) >= 11 is 1.53. The van der Waals surface area contributed by atoms with Crippen molar-refractivity contribution in [3.05, 3.63) is 59.7 Å². The van der Waals surface area contributed by atoms with Gasteiger partial charge in [0.15, 0.2) is 0 Å². The van der Waals surface area contributed by atoms with Gasteiger partial charge in [0.25, 0.3) is 0 Å². The minimum atomic E-state index is -1.13. The van der Waals surface area contributed by atoms with Crippen molar-refractivity contribution in [2.45, 2.75) is 37.3 Å². The summed E-state index contributed by atoms with van der Waals surface area (Å²) in [5.74, 6) is -1.15. The number of carboxylic acid groups (broad SMARTS) is 1. The topological polar surface area (TPSA) is 114 Å². The molecule has 8 nitrogen and oxygen atoms in total. The van der Waals surface area contributed by atoms with Crippen LogP contribution in [0.5, 0.6) is 0 Å². The van der Waals surface area contributed by atoms with E-state index >= 15 is 0 Å². The number of methoxy groups -OCH3 is 1. The third-order valence-corrected chi connectivity index (χ3v) is 6.66. The highest BCUT2D eigenvalue weighted by Crippen LogP contribution is 2.44. The number of ether oxygens (including phenoxy) is 2. The Bertz CT molecular complexity index is 985. The van der Waals surface area contributed by atoms with Crippen molar-refractivity contribution < 1.29 is 29.0 Å². The fraction of sp³-hybridized carbons (Fsp3) is 0.423. The molecule has 0 spiro atoms. The molecule has 188 valence electrons. The normalized spacial score (nSPS) is 13.9. The van der Waals surface area contributed by atoms with Crippen molar-refractivity contribution in [2.24, 2.45) is 0 Å². The van der Waals surface area contributed by atoms with Crippen molar-refractivity contribution in [2.75, 3.05) is 32.3 Å². The van der Waals surface area contributed by atoms with Gasteiger partial charge in [0.05, 0.1) is 0 Å². The average molecular weight is 501 g/mol. The Hall–Kier alpha value is -3.04. The number of hydrogen-bond acceptors (Lipinski definition) is 6. The van der Waals surface area contributed by atoms with E-state index in [4.69, 9.17) is 9.47 Å². The van der Waals surface area contributed by atoms with E-state index in [1.807, 2.05) is 42.7 Å². The molecule has 1 aliphatic rings. The Balaban J connectivity index is 1.62. The summed E-state index contributed by atoms with van der Waals surface area (Å²) in [5.41, 5.74) is 4.45. The van der Waals surface area contributed by atoms with Gasteiger partial charge in [0, 0.05) is 19.6 Å². The summed E-state index contributed by atoms with van der Waals surface area (Å²) in [7, 11) is 1.53. The summed E-state index contributed by atoms with van der Waals surface area (Å²) in [6.45, 7) is 0.527. The molecule has 0 fully saturated rings. The zero-order valence-electron chi connectivity index (χ0n) is 20.0. The minimum Gasteiger partial charge on any atom is -0.480 e. The smallest absolute Gasteiger partial charge is 0.407 e. The number of carbonyl (C=O) groups excluding carboxylic acids is 2. The minimum absolute atomic E-state index is 0.0937. The number of thioether (sulfide) groups is 1. The van der Waals surface area contributed by atoms with Crippen LogP contribution in [-0.2, 0) is 19.1 Å². The van der Waals surface area contributed by atoms with Gasteiger partial charge in [-0.1, -0.05) is 48.5 Å². The largest absolute Gasteiger partial charge is 0.480 e. The van der Waals surface area contributed by atoms with Crippen LogP contribution in [0.1, 0.15) is 36.3 Å². The number of benzene rings is 2. The highest BCUT2D eigenvalue weighted by atomic mass is 32.2. The third-order valence-electron chi connectivity index (χ3n) is 6.02. The quantitative estimate of drug-likeness (QED) is 0.360. The van der Waals surface area contributed by atoms with Gasteiger partial charge in [-0.3, -0.25) is 4.79 Å². The molecule has 3 rings (SSSR count). The summed E-state index contributed by atoms with van der Waals surface area (Å²) in [6.07, 6.45) is 2.26. The number of carbonyl (C=O) groups is 3. The number of aliphatic carboxylic acids is 1. The van der Waals surface area contributed by atoms with Crippen molar-refractivity contribution >= 4 is 29.7 Å². The maximum Gasteiger partial charge on any atom is 0.407 e. The zero-order chi connectivity index (χ0) is 25.2. The van der Waals surface area contributed by atoms with Crippen molar-refractivity contribution in [3.8, 4) is 11.1 Å². The predicted octanol–water partition coefficient (Wildman–Crippen LogP) is 3.64. The monoisotopic (exact) mass is 500 g/mol. The van der Waals surface area contributed by atoms with Gasteiger partial charge in [-0.15, -0.1) is 0 Å². The first-order valence-corrected chi connectivity index (χ1v) is 13.0. The molecular weight excluding hydrogens is 468 g/mol. The van der Waals surface area contributed by atoms with E-state index < -0.39 is 30.1 Å². The molecule has 2 aromatic carbocycles. The maximum absolute atomic E-state index is 12.8. The Labute approximate surface area is 209 Å². The Morgan fingerprint density at radius 2 is 1.60 bits per heavy atom. The van der Waals surface area contributed by atoms with Crippen LogP contribution in [-0.4, -0.2) is 67.5 Å². The Morgan fingerprint density at radius 3 is 2.17 bits per heavy atom. The third kappa shape index (κ3) is 6.99. The van der Waals surface area contributed by atoms with Crippen molar-refractivity contribution in [1.82, 2.24) is 10.6 Å². The highest BCUT2D eigenvalue weighted by Gasteiger charge is 2.30. The summed E-state index contributed by atoms with van der Waals surface area (Å²) in [6, 6.07) is 14.1. The number of rotatable bonds is 13. The summed E-state index contributed by atoms with van der Waals surface area (Å²) in [5, 5.41) is 14.6. The number of nitrogens with one attached hydrogen (secondary N) is 2. The first-order chi connectivity index (χ1) is 17.0. The van der Waals surface area contributed by atoms with Crippen molar-refractivity contribution in [3.63, 3.8) is 0 Å². The first-order valence-electron chi connectivity index (χ1n) is 11.6. The molecule has 2 amide bonds. The molecular formula is C26H32N2O6S. The van der Waals surface area contributed by atoms with Crippen LogP contribution < -0.4 is 10.6 Å². The number of carboxylic acids is 1. The van der Waals surface area contributed by atoms with E-state index in [9.17, 15) is 19.5 Å². The zero-order valence-corrected chi connectivity index (χ0v) is 20.8. The standard InChI is InChI=1S/C26H32N2O6S/c1-33-14-7-12-23(25(30)31)27-24(29)22(13-15-35-2)28-26(32)34-16-21-19-10-5-3-8-17(19)18-9-4-6-11-20(18)21/h3-6,8-11,21-23H,7,12-16H2,1-2H3,(H,27,29)(H,28,32)(H,30,31)/t22-,23?/m0/s1. The molecule has 0 saturated heterocycles. The molecule has 0 radical (unpaired) electrons. The Kier molecular flexibility index (Phi) is 9.98. The van der Waals surface area contributed by atoms with Crippen LogP contribution in [0.2, 0.25) is 0 Å². The lowest BCUT2D eigenvalue weighted by Gasteiger charge is -2.22. The van der Waals surface area contributed by atoms with Crippen LogP contribution in [0.3, 0.4) is 0 Å². The van der Waals surface area contributed by atoms with E-state index in [0.29, 0.717) is 25.2 Å². The molecule has 1 unspecified atom stereocenters. The molecule has 35 heavy (non-hydrogen) atoms. The molecule has 9 heteroatoms. The number of hydrogen-bond donors (Lipinski definition) is 3. The second kappa shape index (κ2) is 13.2. The van der Waals surface area contributed by atoms with Crippen LogP contribution in [0, 0.1) is 0 Å². The molecule has 0 aliphatic heterocycles. The van der Waals surface area contributed by atoms with Gasteiger partial charge in [-0.2, -0.15) is 11.8 Å². The van der Waals surface area contributed by atoms with E-state index in [0.717, 1.165) is 22.3 Å². The summed E-state index contributed by atoms with van der Waals surface area (Å²) < 4.78 is 10.5. The van der Waals surface area contributed by atoms with Gasteiger partial charge in [-0.05, 0) is 53.5 Å². The maximum atomic E-state index is 12.8. The lowest BCUT2D eigenvalue weighted by molar-refractivity contribution is -0.142. The highest BCUT2D eigenvalue weighted by molar-refractivity contribution is 7.98. The average Bonchev–Trinajstić information content (AvgIpc) is 3.18. The number of alkyl carbamates (subject to hydrolysis) is 1. The Morgan fingerprint density at radius 1 is 0.971 bits per heavy atom. The second-order valence-electron chi connectivity index (χ2n) is 8.34. The SMILES string of the molecule is COCCCC(NC(=O)[C@H](CCSC)NC(=O)OCC1c2ccccc2-c2ccccc21)C(=O)O. The molecule has 2 atom stereocenters. The van der Waals surface area contributed by atoms with Crippen LogP contribution >= 0.6 is 11.8 Å². The fourth-order valence-electron chi connectivity index (χ4n) is 4.25. The van der Waals surface area contributed by atoms with E-state index in [1.54, 1.807) is 0 Å². The van der Waals surface area contributed by atoms with Gasteiger partial charge < -0.3 is 25.2 Å². The number of fused-ring (bicyclic) bond motifs is 3. The lowest BCUT2D eigenvalue weighted by atomic mass is 9.98. The molecule has 0 saturated carbocycles. The second-order valence-corrected chi connectivity index (χ2v) is 9.32.